The number of hydrogen-bond acceptors (Lipinski definition) is 7. The number of allylic oxidation sites excluding steroid dienone is 1. The lowest BCUT2D eigenvalue weighted by Crippen LogP contribution is -2.69. The summed E-state index contributed by atoms with van der Waals surface area (Å²) in [6.07, 6.45) is 1.07. The van der Waals surface area contributed by atoms with Gasteiger partial charge in [-0.3, -0.25) is 14.4 Å². The van der Waals surface area contributed by atoms with Gasteiger partial charge in [0.2, 0.25) is 5.78 Å². The predicted octanol–water partition coefficient (Wildman–Crippen LogP) is 5.73. The Morgan fingerprint density at radius 1 is 1.05 bits per heavy atom. The number of phenols is 1. The highest BCUT2D eigenvalue weighted by molar-refractivity contribution is 6.24. The first-order chi connectivity index (χ1) is 19.0. The van der Waals surface area contributed by atoms with Gasteiger partial charge in [-0.1, -0.05) is 64.4 Å². The Hall–Kier alpha value is -3.71. The van der Waals surface area contributed by atoms with E-state index >= 15 is 0 Å². The van der Waals surface area contributed by atoms with Crippen molar-refractivity contribution in [1.29, 1.82) is 0 Å². The molecule has 0 spiro atoms. The summed E-state index contributed by atoms with van der Waals surface area (Å²) in [4.78, 5) is 40.7. The Morgan fingerprint density at radius 2 is 1.71 bits per heavy atom. The van der Waals surface area contributed by atoms with E-state index in [2.05, 4.69) is 19.1 Å². The van der Waals surface area contributed by atoms with Crippen molar-refractivity contribution in [3.05, 3.63) is 69.5 Å². The molecule has 0 aromatic heterocycles. The number of phenolic OH excluding ortho intramolecular Hbond substituents is 1. The number of aryl methyl sites for hydroxylation is 2. The van der Waals surface area contributed by atoms with Crippen LogP contribution in [-0.2, 0) is 27.2 Å². The van der Waals surface area contributed by atoms with Crippen LogP contribution in [0.5, 0.6) is 5.75 Å². The summed E-state index contributed by atoms with van der Waals surface area (Å²) >= 11 is 0. The number of aliphatic hydroxyl groups is 3. The van der Waals surface area contributed by atoms with E-state index in [1.165, 1.54) is 6.07 Å². The highest BCUT2D eigenvalue weighted by Gasteiger charge is 2.72. The molecule has 1 unspecified atom stereocenters. The number of carbonyl (C=O) groups is 3. The number of hydrogen-bond donors (Lipinski definition) is 4. The SMILES string of the molecule is CCc1ccc(C)cc1-c1ccc(O)c2c1C[C@]1(C)C[C@]3(C)C(C(C)C)C(=O)C(C(C)=O)=C(O)[C@]3(O)C(=O)C1=C2O. The van der Waals surface area contributed by atoms with Crippen molar-refractivity contribution in [1.82, 2.24) is 0 Å². The van der Waals surface area contributed by atoms with Crippen molar-refractivity contribution in [2.45, 2.75) is 73.3 Å². The summed E-state index contributed by atoms with van der Waals surface area (Å²) in [6, 6.07) is 9.47. The first-order valence-corrected chi connectivity index (χ1v) is 14.2. The summed E-state index contributed by atoms with van der Waals surface area (Å²) < 4.78 is 0. The average Bonchev–Trinajstić information content (AvgIpc) is 2.86. The predicted molar refractivity (Wildman–Crippen MR) is 155 cm³/mol. The second-order valence-electron chi connectivity index (χ2n) is 13.0. The topological polar surface area (TPSA) is 132 Å². The van der Waals surface area contributed by atoms with Crippen molar-refractivity contribution < 1.29 is 34.8 Å². The summed E-state index contributed by atoms with van der Waals surface area (Å²) in [7, 11) is 0. The van der Waals surface area contributed by atoms with E-state index in [1.54, 1.807) is 20.8 Å². The van der Waals surface area contributed by atoms with Crippen molar-refractivity contribution in [3.8, 4) is 16.9 Å². The third-order valence-electron chi connectivity index (χ3n) is 9.82. The van der Waals surface area contributed by atoms with Crippen LogP contribution in [0.25, 0.3) is 16.9 Å². The lowest BCUT2D eigenvalue weighted by atomic mass is 9.43. The fourth-order valence-electron chi connectivity index (χ4n) is 8.22. The molecule has 41 heavy (non-hydrogen) atoms. The summed E-state index contributed by atoms with van der Waals surface area (Å²) in [6.45, 7) is 12.2. The zero-order chi connectivity index (χ0) is 30.4. The standard InChI is InChI=1S/C34H38O7/c1-8-19-10-9-17(4)13-21(19)20-11-12-23(36)25-22(20)14-32(6)15-33(7)26(16(2)3)28(37)24(18(5)35)30(39)34(33,41)31(40)27(32)29(25)38/h9-13,16,26,36,38-39,41H,8,14-15H2,1-7H3/t26?,32-,33-,34+/m1/s1. The van der Waals surface area contributed by atoms with Crippen LogP contribution < -0.4 is 0 Å². The van der Waals surface area contributed by atoms with E-state index in [1.807, 2.05) is 26.0 Å². The van der Waals surface area contributed by atoms with Gasteiger partial charge in [0.15, 0.2) is 17.2 Å². The third-order valence-corrected chi connectivity index (χ3v) is 9.82. The molecule has 1 saturated carbocycles. The van der Waals surface area contributed by atoms with Crippen LogP contribution in [-0.4, -0.2) is 43.4 Å². The van der Waals surface area contributed by atoms with Gasteiger partial charge < -0.3 is 20.4 Å². The molecule has 2 aromatic rings. The molecule has 4 N–H and O–H groups in total. The molecule has 3 aliphatic rings. The van der Waals surface area contributed by atoms with Crippen LogP contribution in [0.15, 0.2) is 47.2 Å². The van der Waals surface area contributed by atoms with Gasteiger partial charge >= 0.3 is 0 Å². The molecule has 216 valence electrons. The highest BCUT2D eigenvalue weighted by Crippen LogP contribution is 2.65. The quantitative estimate of drug-likeness (QED) is 0.353. The molecule has 3 aliphatic carbocycles. The number of carbonyl (C=O) groups excluding carboxylic acids is 3. The van der Waals surface area contributed by atoms with E-state index in [0.29, 0.717) is 5.56 Å². The zero-order valence-electron chi connectivity index (χ0n) is 24.7. The first kappa shape index (κ1) is 28.8. The van der Waals surface area contributed by atoms with E-state index in [9.17, 15) is 34.8 Å². The van der Waals surface area contributed by atoms with Crippen LogP contribution in [0.4, 0.5) is 0 Å². The fourth-order valence-corrected chi connectivity index (χ4v) is 8.22. The Labute approximate surface area is 240 Å². The number of aromatic hydroxyl groups is 1. The van der Waals surface area contributed by atoms with Gasteiger partial charge in [0, 0.05) is 22.3 Å². The number of benzene rings is 2. The van der Waals surface area contributed by atoms with E-state index < -0.39 is 56.8 Å². The van der Waals surface area contributed by atoms with Crippen molar-refractivity contribution in [3.63, 3.8) is 0 Å². The largest absolute Gasteiger partial charge is 0.508 e. The fraction of sp³-hybridized carbons (Fsp3) is 0.441. The Morgan fingerprint density at radius 3 is 2.29 bits per heavy atom. The minimum Gasteiger partial charge on any atom is -0.508 e. The molecule has 0 aliphatic heterocycles. The number of Topliss-reactive ketones (excluding diaryl/α,β-unsaturated/α-hetero) is 3. The van der Waals surface area contributed by atoms with Crippen molar-refractivity contribution in [2.24, 2.45) is 22.7 Å². The normalized spacial score (nSPS) is 29.4. The second kappa shape index (κ2) is 9.15. The summed E-state index contributed by atoms with van der Waals surface area (Å²) in [5.74, 6) is -5.24. The number of fused-ring (bicyclic) bond motifs is 3. The van der Waals surface area contributed by atoms with Crippen molar-refractivity contribution in [2.75, 3.05) is 0 Å². The molecule has 0 saturated heterocycles. The molecule has 7 heteroatoms. The molecule has 0 amide bonds. The monoisotopic (exact) mass is 558 g/mol. The lowest BCUT2D eigenvalue weighted by Gasteiger charge is -2.59. The van der Waals surface area contributed by atoms with Gasteiger partial charge in [-0.05, 0) is 67.3 Å². The number of ketones is 3. The third kappa shape index (κ3) is 3.64. The Bertz CT molecular complexity index is 1610. The second-order valence-corrected chi connectivity index (χ2v) is 13.0. The molecule has 0 radical (unpaired) electrons. The van der Waals surface area contributed by atoms with E-state index in [0.717, 1.165) is 35.6 Å². The molecular formula is C34H38O7. The molecule has 4 atom stereocenters. The molecule has 2 aromatic carbocycles. The van der Waals surface area contributed by atoms with Gasteiger partial charge in [-0.25, -0.2) is 0 Å². The molecular weight excluding hydrogens is 520 g/mol. The van der Waals surface area contributed by atoms with Crippen LogP contribution in [0.1, 0.15) is 70.2 Å². The number of aliphatic hydroxyl groups excluding tert-OH is 2. The summed E-state index contributed by atoms with van der Waals surface area (Å²) in [5, 5.41) is 46.2. The van der Waals surface area contributed by atoms with Gasteiger partial charge in [0.1, 0.15) is 22.8 Å². The first-order valence-electron chi connectivity index (χ1n) is 14.2. The molecule has 1 fully saturated rings. The molecule has 0 bridgehead atoms. The molecule has 0 heterocycles. The minimum atomic E-state index is -2.61. The van der Waals surface area contributed by atoms with Gasteiger partial charge in [0.25, 0.3) is 0 Å². The maximum Gasteiger partial charge on any atom is 0.203 e. The maximum absolute atomic E-state index is 14.4. The van der Waals surface area contributed by atoms with Crippen LogP contribution in [0.2, 0.25) is 0 Å². The van der Waals surface area contributed by atoms with Crippen LogP contribution in [0.3, 0.4) is 0 Å². The van der Waals surface area contributed by atoms with Crippen LogP contribution >= 0.6 is 0 Å². The van der Waals surface area contributed by atoms with Gasteiger partial charge in [0.05, 0.1) is 5.56 Å². The maximum atomic E-state index is 14.4. The molecule has 7 nitrogen and oxygen atoms in total. The van der Waals surface area contributed by atoms with Gasteiger partial charge in [-0.2, -0.15) is 0 Å². The minimum absolute atomic E-state index is 0.0639. The van der Waals surface area contributed by atoms with E-state index in [-0.39, 0.29) is 35.6 Å². The van der Waals surface area contributed by atoms with Crippen molar-refractivity contribution >= 4 is 23.1 Å². The highest BCUT2D eigenvalue weighted by atomic mass is 16.3. The zero-order valence-corrected chi connectivity index (χ0v) is 24.7. The summed E-state index contributed by atoms with van der Waals surface area (Å²) in [5.41, 5.74) is -1.14. The van der Waals surface area contributed by atoms with Gasteiger partial charge in [-0.15, -0.1) is 0 Å². The average molecular weight is 559 g/mol. The number of rotatable bonds is 4. The Kier molecular flexibility index (Phi) is 6.43. The Balaban J connectivity index is 1.84. The molecule has 5 rings (SSSR count). The van der Waals surface area contributed by atoms with Crippen LogP contribution in [0, 0.1) is 29.6 Å². The lowest BCUT2D eigenvalue weighted by molar-refractivity contribution is -0.178. The van der Waals surface area contributed by atoms with E-state index in [4.69, 9.17) is 0 Å². The smallest absolute Gasteiger partial charge is 0.203 e.